The molecule has 3 heterocycles. The van der Waals surface area contributed by atoms with Crippen molar-refractivity contribution in [3.05, 3.63) is 21.8 Å². The predicted octanol–water partition coefficient (Wildman–Crippen LogP) is 4.86. The summed E-state index contributed by atoms with van der Waals surface area (Å²) in [5.41, 5.74) is 0.566. The van der Waals surface area contributed by atoms with E-state index in [4.69, 9.17) is 28.5 Å². The first-order chi connectivity index (χ1) is 20.7. The molecule has 0 radical (unpaired) electrons. The average molecular weight is 620 g/mol. The molecular weight excluding hydrogens is 570 g/mol. The number of hydrogen-bond donors (Lipinski definition) is 1. The fourth-order valence-corrected chi connectivity index (χ4v) is 11.0. The monoisotopic (exact) mass is 619 g/mol. The molecule has 1 N–H and O–H groups in total. The van der Waals surface area contributed by atoms with Crippen LogP contribution in [0.2, 0.25) is 0 Å². The number of hydrogen-bond acceptors (Lipinski definition) is 10. The summed E-state index contributed by atoms with van der Waals surface area (Å²) in [5.74, 6) is 0.362. The summed E-state index contributed by atoms with van der Waals surface area (Å²) in [6.07, 6.45) is 7.49. The SMILES string of the molecule is C[C@@H]1O[C@@H](O[C@@H]2C=C3CC[C@@H]4[C@H](CC[C@]5(C)[C@@H]([C@H]6CCC(=O)OC6)CC[C@]45O)[C@@]3(C)CC2)[C@@H]2OC(C)(C)O[C@@H]2[C@H]1O[N+](=O)[O-]. The molecular formula is C33H49NO10. The lowest BCUT2D eigenvalue weighted by Gasteiger charge is -2.62. The Morgan fingerprint density at radius 1 is 0.955 bits per heavy atom. The van der Waals surface area contributed by atoms with Gasteiger partial charge >= 0.3 is 5.97 Å². The molecule has 11 nitrogen and oxygen atoms in total. The van der Waals surface area contributed by atoms with Gasteiger partial charge in [0.1, 0.15) is 12.2 Å². The second-order valence-electron chi connectivity index (χ2n) is 15.6. The molecule has 0 aromatic heterocycles. The lowest BCUT2D eigenvalue weighted by atomic mass is 9.44. The first-order valence-electron chi connectivity index (χ1n) is 16.8. The van der Waals surface area contributed by atoms with Gasteiger partial charge in [-0.1, -0.05) is 25.5 Å². The summed E-state index contributed by atoms with van der Waals surface area (Å²) in [5, 5.41) is 23.0. The summed E-state index contributed by atoms with van der Waals surface area (Å²) in [6.45, 7) is 10.5. The van der Waals surface area contributed by atoms with Crippen LogP contribution >= 0.6 is 0 Å². The highest BCUT2D eigenvalue weighted by molar-refractivity contribution is 5.70. The Balaban J connectivity index is 1.07. The number of esters is 1. The van der Waals surface area contributed by atoms with E-state index in [1.54, 1.807) is 20.8 Å². The molecule has 0 spiro atoms. The molecule has 0 bridgehead atoms. The number of nitrogens with zero attached hydrogens (tertiary/aromatic N) is 1. The van der Waals surface area contributed by atoms with Crippen molar-refractivity contribution in [2.24, 2.45) is 34.5 Å². The molecule has 246 valence electrons. The van der Waals surface area contributed by atoms with Gasteiger partial charge in [-0.05, 0) is 113 Å². The van der Waals surface area contributed by atoms with Gasteiger partial charge in [0.25, 0.3) is 5.09 Å². The van der Waals surface area contributed by atoms with E-state index in [-0.39, 0.29) is 28.8 Å². The first kappa shape index (κ1) is 30.8. The molecule has 0 aromatic rings. The van der Waals surface area contributed by atoms with Crippen molar-refractivity contribution in [1.29, 1.82) is 0 Å². The van der Waals surface area contributed by atoms with E-state index in [1.165, 1.54) is 5.57 Å². The number of fused-ring (bicyclic) bond motifs is 6. The number of ether oxygens (including phenoxy) is 5. The van der Waals surface area contributed by atoms with Gasteiger partial charge in [-0.2, -0.15) is 0 Å². The van der Waals surface area contributed by atoms with Gasteiger partial charge in [0.05, 0.1) is 24.4 Å². The molecule has 3 aliphatic heterocycles. The minimum atomic E-state index is -0.943. The Bertz CT molecular complexity index is 1200. The highest BCUT2D eigenvalue weighted by Crippen LogP contribution is 2.69. The third kappa shape index (κ3) is 4.74. The van der Waals surface area contributed by atoms with Crippen molar-refractivity contribution in [3.8, 4) is 0 Å². The Kier molecular flexibility index (Phi) is 7.44. The third-order valence-electron chi connectivity index (χ3n) is 13.2. The van der Waals surface area contributed by atoms with Gasteiger partial charge < -0.3 is 33.6 Å². The smallest absolute Gasteiger partial charge is 0.305 e. The lowest BCUT2D eigenvalue weighted by Crippen LogP contribution is -2.61. The second kappa shape index (κ2) is 10.6. The van der Waals surface area contributed by atoms with Crippen molar-refractivity contribution in [2.75, 3.05) is 6.61 Å². The van der Waals surface area contributed by atoms with Crippen molar-refractivity contribution in [1.82, 2.24) is 0 Å². The number of allylic oxidation sites excluding steroid dienone is 1. The van der Waals surface area contributed by atoms with Gasteiger partial charge in [-0.15, -0.1) is 10.1 Å². The van der Waals surface area contributed by atoms with E-state index in [1.807, 2.05) is 0 Å². The predicted molar refractivity (Wildman–Crippen MR) is 155 cm³/mol. The molecule has 4 aliphatic carbocycles. The van der Waals surface area contributed by atoms with E-state index in [0.717, 1.165) is 57.8 Å². The molecule has 0 aromatic carbocycles. The number of rotatable bonds is 5. The summed E-state index contributed by atoms with van der Waals surface area (Å²) in [4.78, 5) is 27.9. The molecule has 0 unspecified atom stereocenters. The van der Waals surface area contributed by atoms with Gasteiger partial charge in [0, 0.05) is 6.42 Å². The summed E-state index contributed by atoms with van der Waals surface area (Å²) >= 11 is 0. The standard InChI is InChI=1S/C33H49NO10/c1-18-26(44-34(37)38)27-28(43-30(2,3)42-27)29(40-18)41-21-10-13-31(4)20(16-21)7-8-24-23(31)11-14-32(5)22(12-15-33(24,32)36)19-6-9-25(35)39-17-19/h16,18-19,21-24,26-29,36H,6-15,17H2,1-5H3/t18-,19-,21-,22+,23-,24+,26-,27+,28+,29-,31-,32+,33-/m0/s1. The Morgan fingerprint density at radius 3 is 2.43 bits per heavy atom. The van der Waals surface area contributed by atoms with Crippen LogP contribution in [-0.2, 0) is 33.3 Å². The highest BCUT2D eigenvalue weighted by Gasteiger charge is 2.67. The normalized spacial score (nSPS) is 51.2. The zero-order chi connectivity index (χ0) is 31.2. The van der Waals surface area contributed by atoms with Crippen molar-refractivity contribution in [2.45, 2.75) is 147 Å². The summed E-state index contributed by atoms with van der Waals surface area (Å²) in [6, 6.07) is 0. The topological polar surface area (TPSA) is 136 Å². The van der Waals surface area contributed by atoms with E-state index < -0.39 is 47.2 Å². The van der Waals surface area contributed by atoms with E-state index in [2.05, 4.69) is 19.9 Å². The first-order valence-corrected chi connectivity index (χ1v) is 16.8. The van der Waals surface area contributed by atoms with Crippen LogP contribution in [0.4, 0.5) is 0 Å². The maximum Gasteiger partial charge on any atom is 0.305 e. The van der Waals surface area contributed by atoms with Crippen LogP contribution in [0.25, 0.3) is 0 Å². The quantitative estimate of drug-likeness (QED) is 0.197. The van der Waals surface area contributed by atoms with Gasteiger partial charge in [0.2, 0.25) is 0 Å². The zero-order valence-corrected chi connectivity index (χ0v) is 26.7. The van der Waals surface area contributed by atoms with E-state index in [9.17, 15) is 20.0 Å². The van der Waals surface area contributed by atoms with Crippen molar-refractivity contribution < 1.29 is 43.5 Å². The fraction of sp³-hybridized carbons (Fsp3) is 0.909. The molecule has 3 saturated heterocycles. The average Bonchev–Trinajstić information content (AvgIpc) is 3.44. The largest absolute Gasteiger partial charge is 0.465 e. The molecule has 7 rings (SSSR count). The van der Waals surface area contributed by atoms with Gasteiger partial charge in [-0.3, -0.25) is 4.79 Å². The number of carbonyl (C=O) groups is 1. The Morgan fingerprint density at radius 2 is 1.70 bits per heavy atom. The van der Waals surface area contributed by atoms with Crippen molar-refractivity contribution in [3.63, 3.8) is 0 Å². The Hall–Kier alpha value is -1.79. The van der Waals surface area contributed by atoms with Crippen LogP contribution in [0, 0.1) is 44.6 Å². The maximum atomic E-state index is 12.6. The maximum absolute atomic E-state index is 12.6. The second-order valence-corrected chi connectivity index (χ2v) is 15.6. The number of aliphatic hydroxyl groups is 1. The molecule has 0 amide bonds. The van der Waals surface area contributed by atoms with Crippen molar-refractivity contribution >= 4 is 5.97 Å². The summed E-state index contributed by atoms with van der Waals surface area (Å²) < 4.78 is 30.4. The molecule has 6 fully saturated rings. The molecule has 13 atom stereocenters. The van der Waals surface area contributed by atoms with E-state index in [0.29, 0.717) is 30.8 Å². The third-order valence-corrected chi connectivity index (χ3v) is 13.2. The number of cyclic esters (lactones) is 1. The van der Waals surface area contributed by atoms with Crippen LogP contribution in [-0.4, -0.2) is 71.0 Å². The molecule has 3 saturated carbocycles. The van der Waals surface area contributed by atoms with Gasteiger partial charge in [-0.25, -0.2) is 0 Å². The fourth-order valence-electron chi connectivity index (χ4n) is 11.0. The minimum Gasteiger partial charge on any atom is -0.465 e. The zero-order valence-electron chi connectivity index (χ0n) is 26.7. The highest BCUT2D eigenvalue weighted by atomic mass is 17.0. The van der Waals surface area contributed by atoms with E-state index >= 15 is 0 Å². The number of carbonyl (C=O) groups excluding carboxylic acids is 1. The molecule has 7 aliphatic rings. The lowest BCUT2D eigenvalue weighted by molar-refractivity contribution is -0.774. The van der Waals surface area contributed by atoms with Crippen LogP contribution in [0.5, 0.6) is 0 Å². The van der Waals surface area contributed by atoms with Gasteiger partial charge in [0.15, 0.2) is 18.2 Å². The van der Waals surface area contributed by atoms with Crippen LogP contribution < -0.4 is 0 Å². The van der Waals surface area contributed by atoms with Crippen LogP contribution in [0.3, 0.4) is 0 Å². The minimum absolute atomic E-state index is 0.00114. The molecule has 11 heteroatoms. The molecule has 44 heavy (non-hydrogen) atoms. The summed E-state index contributed by atoms with van der Waals surface area (Å²) in [7, 11) is 0. The Labute approximate surface area is 259 Å². The van der Waals surface area contributed by atoms with Crippen LogP contribution in [0.1, 0.15) is 98.8 Å². The van der Waals surface area contributed by atoms with Crippen LogP contribution in [0.15, 0.2) is 11.6 Å².